The quantitative estimate of drug-likeness (QED) is 0.754. The molecular weight excluding hydrogens is 282 g/mol. The van der Waals surface area contributed by atoms with E-state index in [2.05, 4.69) is 0 Å². The first-order chi connectivity index (χ1) is 10.7. The van der Waals surface area contributed by atoms with E-state index in [9.17, 15) is 14.7 Å². The van der Waals surface area contributed by atoms with E-state index in [1.807, 2.05) is 0 Å². The Balaban J connectivity index is 2.38. The van der Waals surface area contributed by atoms with Gasteiger partial charge < -0.3 is 9.84 Å². The van der Waals surface area contributed by atoms with Gasteiger partial charge in [-0.1, -0.05) is 18.2 Å². The van der Waals surface area contributed by atoms with Crippen LogP contribution in [-0.4, -0.2) is 23.1 Å². The van der Waals surface area contributed by atoms with Gasteiger partial charge >= 0.3 is 0 Å². The molecule has 0 aliphatic carbocycles. The van der Waals surface area contributed by atoms with Crippen LogP contribution in [0.4, 0.5) is 0 Å². The third kappa shape index (κ3) is 2.03. The average molecular weight is 295 g/mol. The standard InChI is InChI=1S/C17H13NO4/c1-22-12-8-6-11(7-9-12)18-16(20)14-5-3-2-4-13(14)15(10-19)17(18)21/h2-10,21H,1H3. The number of pyridine rings is 1. The molecule has 22 heavy (non-hydrogen) atoms. The maximum atomic E-state index is 12.6. The molecule has 0 aliphatic rings. The summed E-state index contributed by atoms with van der Waals surface area (Å²) in [4.78, 5) is 24.0. The molecule has 5 heteroatoms. The molecule has 0 atom stereocenters. The molecule has 3 aromatic rings. The van der Waals surface area contributed by atoms with Gasteiger partial charge in [0.1, 0.15) is 5.75 Å². The van der Waals surface area contributed by atoms with Crippen LogP contribution in [-0.2, 0) is 0 Å². The number of benzene rings is 2. The maximum Gasteiger partial charge on any atom is 0.265 e. The van der Waals surface area contributed by atoms with Crippen LogP contribution in [0, 0.1) is 0 Å². The third-order valence-electron chi connectivity index (χ3n) is 3.55. The molecule has 1 N–H and O–H groups in total. The average Bonchev–Trinajstić information content (AvgIpc) is 2.56. The lowest BCUT2D eigenvalue weighted by Gasteiger charge is -2.13. The number of aromatic hydroxyl groups is 1. The molecule has 1 heterocycles. The number of carbonyl (C=O) groups is 1. The van der Waals surface area contributed by atoms with E-state index in [1.165, 1.54) is 0 Å². The topological polar surface area (TPSA) is 68.5 Å². The van der Waals surface area contributed by atoms with Crippen molar-refractivity contribution in [2.24, 2.45) is 0 Å². The first-order valence-electron chi connectivity index (χ1n) is 6.63. The molecule has 0 fully saturated rings. The summed E-state index contributed by atoms with van der Waals surface area (Å²) >= 11 is 0. The molecule has 3 rings (SSSR count). The van der Waals surface area contributed by atoms with Crippen LogP contribution in [0.25, 0.3) is 16.5 Å². The second-order valence-electron chi connectivity index (χ2n) is 4.74. The molecule has 0 amide bonds. The van der Waals surface area contributed by atoms with Gasteiger partial charge in [0.05, 0.1) is 18.4 Å². The number of ether oxygens (including phenoxy) is 1. The number of fused-ring (bicyclic) bond motifs is 1. The first kappa shape index (κ1) is 13.9. The fourth-order valence-electron chi connectivity index (χ4n) is 2.45. The molecule has 0 radical (unpaired) electrons. The highest BCUT2D eigenvalue weighted by Crippen LogP contribution is 2.26. The van der Waals surface area contributed by atoms with Gasteiger partial charge in [0.25, 0.3) is 5.56 Å². The molecule has 0 saturated heterocycles. The van der Waals surface area contributed by atoms with Crippen molar-refractivity contribution >= 4 is 17.1 Å². The van der Waals surface area contributed by atoms with E-state index in [0.717, 1.165) is 4.57 Å². The van der Waals surface area contributed by atoms with E-state index in [4.69, 9.17) is 4.74 Å². The fourth-order valence-corrected chi connectivity index (χ4v) is 2.45. The molecule has 2 aromatic carbocycles. The monoisotopic (exact) mass is 295 g/mol. The summed E-state index contributed by atoms with van der Waals surface area (Å²) in [5.41, 5.74) is 0.159. The Hall–Kier alpha value is -3.08. The minimum absolute atomic E-state index is 0.0889. The van der Waals surface area contributed by atoms with Gasteiger partial charge in [-0.3, -0.25) is 9.59 Å². The Morgan fingerprint density at radius 2 is 1.68 bits per heavy atom. The van der Waals surface area contributed by atoms with Gasteiger partial charge in [-0.25, -0.2) is 4.57 Å². The van der Waals surface area contributed by atoms with Crippen molar-refractivity contribution in [1.82, 2.24) is 4.57 Å². The number of methoxy groups -OCH3 is 1. The Morgan fingerprint density at radius 1 is 1.05 bits per heavy atom. The molecule has 110 valence electrons. The molecule has 0 saturated carbocycles. The minimum Gasteiger partial charge on any atom is -0.497 e. The fraction of sp³-hybridized carbons (Fsp3) is 0.0588. The molecule has 0 aliphatic heterocycles. The van der Waals surface area contributed by atoms with Crippen molar-refractivity contribution in [3.8, 4) is 17.3 Å². The minimum atomic E-state index is -0.385. The maximum absolute atomic E-state index is 12.6. The molecule has 5 nitrogen and oxygen atoms in total. The number of nitrogens with zero attached hydrogens (tertiary/aromatic N) is 1. The van der Waals surface area contributed by atoms with Crippen molar-refractivity contribution in [1.29, 1.82) is 0 Å². The Kier molecular flexibility index (Phi) is 3.39. The van der Waals surface area contributed by atoms with Crippen LogP contribution in [0.1, 0.15) is 10.4 Å². The second-order valence-corrected chi connectivity index (χ2v) is 4.74. The van der Waals surface area contributed by atoms with Crippen molar-refractivity contribution in [3.63, 3.8) is 0 Å². The summed E-state index contributed by atoms with van der Waals surface area (Å²) < 4.78 is 6.19. The van der Waals surface area contributed by atoms with Crippen LogP contribution in [0.15, 0.2) is 53.3 Å². The highest BCUT2D eigenvalue weighted by Gasteiger charge is 2.16. The van der Waals surface area contributed by atoms with E-state index in [1.54, 1.807) is 55.6 Å². The molecule has 1 aromatic heterocycles. The summed E-state index contributed by atoms with van der Waals surface area (Å²) in [6.07, 6.45) is 0.553. The molecule has 0 unspecified atom stereocenters. The highest BCUT2D eigenvalue weighted by molar-refractivity contribution is 5.99. The van der Waals surface area contributed by atoms with Gasteiger partial charge in [-0.15, -0.1) is 0 Å². The van der Waals surface area contributed by atoms with Gasteiger partial charge in [0.2, 0.25) is 5.88 Å². The number of hydrogen-bond donors (Lipinski definition) is 1. The van der Waals surface area contributed by atoms with E-state index in [-0.39, 0.29) is 17.0 Å². The van der Waals surface area contributed by atoms with Crippen molar-refractivity contribution in [2.45, 2.75) is 0 Å². The third-order valence-corrected chi connectivity index (χ3v) is 3.55. The predicted molar refractivity (Wildman–Crippen MR) is 83.1 cm³/mol. The molecule has 0 spiro atoms. The zero-order valence-corrected chi connectivity index (χ0v) is 11.8. The van der Waals surface area contributed by atoms with Crippen molar-refractivity contribution < 1.29 is 14.6 Å². The number of aldehydes is 1. The molecule has 0 bridgehead atoms. The van der Waals surface area contributed by atoms with Gasteiger partial charge in [0.15, 0.2) is 6.29 Å². The summed E-state index contributed by atoms with van der Waals surface area (Å²) in [5, 5.41) is 11.2. The predicted octanol–water partition coefficient (Wildman–Crippen LogP) is 2.52. The van der Waals surface area contributed by atoms with Gasteiger partial charge in [-0.05, 0) is 30.3 Å². The van der Waals surface area contributed by atoms with E-state index in [0.29, 0.717) is 28.5 Å². The van der Waals surface area contributed by atoms with Crippen molar-refractivity contribution in [2.75, 3.05) is 7.11 Å². The number of aromatic nitrogens is 1. The normalized spacial score (nSPS) is 10.6. The van der Waals surface area contributed by atoms with Gasteiger partial charge in [0, 0.05) is 10.8 Å². The largest absolute Gasteiger partial charge is 0.497 e. The second kappa shape index (κ2) is 5.37. The zero-order chi connectivity index (χ0) is 15.7. The zero-order valence-electron chi connectivity index (χ0n) is 11.8. The summed E-state index contributed by atoms with van der Waals surface area (Å²) in [6.45, 7) is 0. The van der Waals surface area contributed by atoms with Crippen LogP contribution < -0.4 is 10.3 Å². The van der Waals surface area contributed by atoms with Crippen LogP contribution in [0.3, 0.4) is 0 Å². The van der Waals surface area contributed by atoms with E-state index < -0.39 is 0 Å². The number of carbonyl (C=O) groups excluding carboxylic acids is 1. The van der Waals surface area contributed by atoms with Gasteiger partial charge in [-0.2, -0.15) is 0 Å². The number of hydrogen-bond acceptors (Lipinski definition) is 4. The smallest absolute Gasteiger partial charge is 0.265 e. The van der Waals surface area contributed by atoms with Crippen LogP contribution >= 0.6 is 0 Å². The lowest BCUT2D eigenvalue weighted by molar-refractivity contribution is 0.112. The first-order valence-corrected chi connectivity index (χ1v) is 6.63. The van der Waals surface area contributed by atoms with Crippen molar-refractivity contribution in [3.05, 3.63) is 64.4 Å². The Bertz CT molecular complexity index is 910. The molecular formula is C17H13NO4. The lowest BCUT2D eigenvalue weighted by Crippen LogP contribution is -2.20. The summed E-state index contributed by atoms with van der Waals surface area (Å²) in [5.74, 6) is 0.261. The summed E-state index contributed by atoms with van der Waals surface area (Å²) in [6, 6.07) is 13.3. The Labute approximate surface area is 126 Å². The summed E-state index contributed by atoms with van der Waals surface area (Å²) in [7, 11) is 1.54. The lowest BCUT2D eigenvalue weighted by atomic mass is 10.1. The Morgan fingerprint density at radius 3 is 2.27 bits per heavy atom. The van der Waals surface area contributed by atoms with Crippen LogP contribution in [0.5, 0.6) is 11.6 Å². The SMILES string of the molecule is COc1ccc(-n2c(O)c(C=O)c3ccccc3c2=O)cc1. The van der Waals surface area contributed by atoms with Crippen LogP contribution in [0.2, 0.25) is 0 Å². The highest BCUT2D eigenvalue weighted by atomic mass is 16.5. The van der Waals surface area contributed by atoms with E-state index >= 15 is 0 Å². The number of rotatable bonds is 3.